The van der Waals surface area contributed by atoms with Gasteiger partial charge in [-0.05, 0) is 18.6 Å². The second-order valence-electron chi connectivity index (χ2n) is 2.89. The highest BCUT2D eigenvalue weighted by Crippen LogP contribution is 2.25. The van der Waals surface area contributed by atoms with Gasteiger partial charge in [0.1, 0.15) is 5.82 Å². The van der Waals surface area contributed by atoms with Crippen LogP contribution in [0.3, 0.4) is 0 Å². The molecule has 1 aromatic rings. The monoisotopic (exact) mass is 258 g/mol. The van der Waals surface area contributed by atoms with Crippen LogP contribution in [0.15, 0.2) is 16.6 Å². The van der Waals surface area contributed by atoms with E-state index in [4.69, 9.17) is 5.41 Å². The average Bonchev–Trinajstić information content (AvgIpc) is 2.15. The summed E-state index contributed by atoms with van der Waals surface area (Å²) < 4.78 is 14.1. The van der Waals surface area contributed by atoms with Crippen molar-refractivity contribution in [3.05, 3.63) is 28.0 Å². The van der Waals surface area contributed by atoms with Crippen molar-refractivity contribution in [1.29, 1.82) is 5.41 Å². The van der Waals surface area contributed by atoms with Gasteiger partial charge in [0, 0.05) is 22.8 Å². The van der Waals surface area contributed by atoms with Crippen LogP contribution >= 0.6 is 15.9 Å². The van der Waals surface area contributed by atoms with Gasteiger partial charge in [-0.2, -0.15) is 0 Å². The Morgan fingerprint density at radius 2 is 2.21 bits per heavy atom. The van der Waals surface area contributed by atoms with Gasteiger partial charge in [0.05, 0.1) is 5.69 Å². The van der Waals surface area contributed by atoms with E-state index in [0.29, 0.717) is 27.9 Å². The Hall–Kier alpha value is -0.900. The van der Waals surface area contributed by atoms with Gasteiger partial charge < -0.3 is 10.7 Å². The first kappa shape index (κ1) is 11.2. The van der Waals surface area contributed by atoms with Crippen molar-refractivity contribution in [2.24, 2.45) is 0 Å². The molecule has 14 heavy (non-hydrogen) atoms. The summed E-state index contributed by atoms with van der Waals surface area (Å²) in [5.41, 5.74) is 1.43. The molecule has 0 saturated heterocycles. The second kappa shape index (κ2) is 4.55. The number of benzene rings is 1. The molecule has 2 N–H and O–H groups in total. The molecule has 0 aliphatic carbocycles. The second-order valence-corrected chi connectivity index (χ2v) is 3.81. The number of anilines is 1. The summed E-state index contributed by atoms with van der Waals surface area (Å²) in [6, 6.07) is 3.14. The van der Waals surface area contributed by atoms with Gasteiger partial charge in [0.2, 0.25) is 0 Å². The molecule has 0 unspecified atom stereocenters. The summed E-state index contributed by atoms with van der Waals surface area (Å²) in [5, 5.41) is 10.5. The maximum absolute atomic E-state index is 13.4. The minimum Gasteiger partial charge on any atom is -0.385 e. The van der Waals surface area contributed by atoms with Crippen molar-refractivity contribution in [2.75, 3.05) is 12.4 Å². The molecule has 2 nitrogen and oxygen atoms in total. The van der Waals surface area contributed by atoms with E-state index >= 15 is 0 Å². The first-order chi connectivity index (χ1) is 6.60. The van der Waals surface area contributed by atoms with E-state index < -0.39 is 0 Å². The molecular formula is C10H12BrFN2. The minimum absolute atomic E-state index is 0.338. The summed E-state index contributed by atoms with van der Waals surface area (Å²) in [5.74, 6) is -0.338. The third kappa shape index (κ3) is 2.12. The molecule has 0 aromatic heterocycles. The Balaban J connectivity index is 3.32. The maximum Gasteiger partial charge on any atom is 0.148 e. The lowest BCUT2D eigenvalue weighted by atomic mass is 10.1. The van der Waals surface area contributed by atoms with Crippen LogP contribution in [0.4, 0.5) is 10.1 Å². The Bertz CT molecular complexity index is 363. The highest BCUT2D eigenvalue weighted by atomic mass is 79.9. The largest absolute Gasteiger partial charge is 0.385 e. The summed E-state index contributed by atoms with van der Waals surface area (Å²) >= 11 is 3.21. The van der Waals surface area contributed by atoms with Crippen LogP contribution in [0.5, 0.6) is 0 Å². The van der Waals surface area contributed by atoms with Crippen molar-refractivity contribution in [1.82, 2.24) is 0 Å². The van der Waals surface area contributed by atoms with Crippen LogP contribution in [0.1, 0.15) is 18.9 Å². The Morgan fingerprint density at radius 1 is 1.57 bits per heavy atom. The third-order valence-corrected chi connectivity index (χ3v) is 2.44. The van der Waals surface area contributed by atoms with Crippen LogP contribution in [0.25, 0.3) is 0 Å². The van der Waals surface area contributed by atoms with Gasteiger partial charge in [-0.3, -0.25) is 0 Å². The average molecular weight is 259 g/mol. The number of nitrogens with one attached hydrogen (secondary N) is 2. The molecule has 1 rings (SSSR count). The lowest BCUT2D eigenvalue weighted by Crippen LogP contribution is -2.05. The molecule has 1 aromatic carbocycles. The van der Waals surface area contributed by atoms with Gasteiger partial charge in [-0.25, -0.2) is 4.39 Å². The molecule has 0 heterocycles. The zero-order valence-electron chi connectivity index (χ0n) is 8.12. The summed E-state index contributed by atoms with van der Waals surface area (Å²) in [4.78, 5) is 0. The first-order valence-electron chi connectivity index (χ1n) is 4.34. The van der Waals surface area contributed by atoms with E-state index in [-0.39, 0.29) is 5.82 Å². The number of hydrogen-bond donors (Lipinski definition) is 2. The van der Waals surface area contributed by atoms with Crippen molar-refractivity contribution < 1.29 is 4.39 Å². The molecule has 0 aliphatic heterocycles. The van der Waals surface area contributed by atoms with Crippen LogP contribution in [-0.2, 0) is 0 Å². The normalized spacial score (nSPS) is 10.0. The summed E-state index contributed by atoms with van der Waals surface area (Å²) in [6.45, 7) is 1.88. The standard InChI is InChI=1S/C10H12BrFN2/c1-3-9(13)7-4-6(11)5-8(12)10(7)14-2/h4-5,13-14H,3H2,1-2H3. The van der Waals surface area contributed by atoms with E-state index in [1.807, 2.05) is 6.92 Å². The highest BCUT2D eigenvalue weighted by molar-refractivity contribution is 9.10. The lowest BCUT2D eigenvalue weighted by Gasteiger charge is -2.10. The van der Waals surface area contributed by atoms with Crippen molar-refractivity contribution >= 4 is 27.3 Å². The van der Waals surface area contributed by atoms with E-state index in [1.165, 1.54) is 6.07 Å². The zero-order chi connectivity index (χ0) is 10.7. The minimum atomic E-state index is -0.338. The van der Waals surface area contributed by atoms with Crippen molar-refractivity contribution in [3.8, 4) is 0 Å². The smallest absolute Gasteiger partial charge is 0.148 e. The van der Waals surface area contributed by atoms with E-state index in [9.17, 15) is 4.39 Å². The van der Waals surface area contributed by atoms with E-state index in [2.05, 4.69) is 21.2 Å². The Labute approximate surface area is 91.2 Å². The molecule has 0 amide bonds. The SMILES string of the molecule is CCC(=N)c1cc(Br)cc(F)c1NC. The van der Waals surface area contributed by atoms with Crippen LogP contribution in [0, 0.1) is 11.2 Å². The number of rotatable bonds is 3. The van der Waals surface area contributed by atoms with Crippen molar-refractivity contribution in [2.45, 2.75) is 13.3 Å². The highest BCUT2D eigenvalue weighted by Gasteiger charge is 2.11. The maximum atomic E-state index is 13.4. The van der Waals surface area contributed by atoms with Gasteiger partial charge in [-0.15, -0.1) is 0 Å². The molecule has 0 aliphatic rings. The molecule has 76 valence electrons. The predicted octanol–water partition coefficient (Wildman–Crippen LogP) is 3.41. The van der Waals surface area contributed by atoms with E-state index in [0.717, 1.165) is 0 Å². The molecule has 0 saturated carbocycles. The van der Waals surface area contributed by atoms with Gasteiger partial charge in [0.25, 0.3) is 0 Å². The number of halogens is 2. The summed E-state index contributed by atoms with van der Waals surface area (Å²) in [7, 11) is 1.65. The first-order valence-corrected chi connectivity index (χ1v) is 5.14. The molecule has 4 heteroatoms. The molecule has 0 spiro atoms. The molecular weight excluding hydrogens is 247 g/mol. The predicted molar refractivity (Wildman–Crippen MR) is 60.8 cm³/mol. The zero-order valence-corrected chi connectivity index (χ0v) is 9.70. The molecule has 0 bridgehead atoms. The Morgan fingerprint density at radius 3 is 2.71 bits per heavy atom. The lowest BCUT2D eigenvalue weighted by molar-refractivity contribution is 0.630. The quantitative estimate of drug-likeness (QED) is 0.802. The van der Waals surface area contributed by atoms with Gasteiger partial charge >= 0.3 is 0 Å². The molecule has 0 fully saturated rings. The van der Waals surface area contributed by atoms with Crippen molar-refractivity contribution in [3.63, 3.8) is 0 Å². The van der Waals surface area contributed by atoms with Crippen LogP contribution in [-0.4, -0.2) is 12.8 Å². The van der Waals surface area contributed by atoms with E-state index in [1.54, 1.807) is 13.1 Å². The fourth-order valence-electron chi connectivity index (χ4n) is 1.26. The summed E-state index contributed by atoms with van der Waals surface area (Å²) in [6.07, 6.45) is 0.588. The van der Waals surface area contributed by atoms with Gasteiger partial charge in [-0.1, -0.05) is 22.9 Å². The van der Waals surface area contributed by atoms with Gasteiger partial charge in [0.15, 0.2) is 0 Å². The fraction of sp³-hybridized carbons (Fsp3) is 0.300. The molecule has 0 radical (unpaired) electrons. The Kier molecular flexibility index (Phi) is 3.63. The topological polar surface area (TPSA) is 35.9 Å². The van der Waals surface area contributed by atoms with Crippen LogP contribution < -0.4 is 5.32 Å². The molecule has 0 atom stereocenters. The third-order valence-electron chi connectivity index (χ3n) is 1.98. The fourth-order valence-corrected chi connectivity index (χ4v) is 1.69. The number of hydrogen-bond acceptors (Lipinski definition) is 2. The van der Waals surface area contributed by atoms with Crippen LogP contribution in [0.2, 0.25) is 0 Å².